The predicted octanol–water partition coefficient (Wildman–Crippen LogP) is -0.222. The molecule has 0 heterocycles. The van der Waals surface area contributed by atoms with E-state index in [1.54, 1.807) is 12.1 Å². The number of nitrogen functional groups attached to an aromatic ring is 1. The van der Waals surface area contributed by atoms with E-state index in [-0.39, 0.29) is 5.56 Å². The van der Waals surface area contributed by atoms with Gasteiger partial charge in [0.15, 0.2) is 0 Å². The molecular formula is C8H6N2O2Se. The summed E-state index contributed by atoms with van der Waals surface area (Å²) in [5.74, 6) is -1.04. The summed E-state index contributed by atoms with van der Waals surface area (Å²) in [6.45, 7) is 0. The summed E-state index contributed by atoms with van der Waals surface area (Å²) >= 11 is -0.457. The number of hydrogen-bond acceptors (Lipinski definition) is 3. The van der Waals surface area contributed by atoms with Crippen molar-refractivity contribution in [2.45, 2.75) is 0 Å². The molecule has 0 saturated carbocycles. The van der Waals surface area contributed by atoms with Crippen LogP contribution in [0.15, 0.2) is 18.2 Å². The van der Waals surface area contributed by atoms with Crippen molar-refractivity contribution in [3.63, 3.8) is 0 Å². The summed E-state index contributed by atoms with van der Waals surface area (Å²) in [6, 6.07) is 4.56. The van der Waals surface area contributed by atoms with Gasteiger partial charge in [-0.15, -0.1) is 0 Å². The summed E-state index contributed by atoms with van der Waals surface area (Å²) in [6.07, 6.45) is 0. The van der Waals surface area contributed by atoms with Crippen LogP contribution in [-0.2, 0) is 0 Å². The summed E-state index contributed by atoms with van der Waals surface area (Å²) in [5, 5.41) is 17.2. The SMILES string of the molecule is N#C[Se]c1ccc(N)cc1C(=O)O. The van der Waals surface area contributed by atoms with Gasteiger partial charge in [-0.25, -0.2) is 0 Å². The molecule has 0 spiro atoms. The normalized spacial score (nSPS) is 9.15. The van der Waals surface area contributed by atoms with Crippen LogP contribution in [0.2, 0.25) is 0 Å². The standard InChI is InChI=1S/C8H6N2O2Se/c9-4-13-7-2-1-5(10)3-6(7)8(11)12/h1-3H,10H2,(H,11,12). The molecule has 5 heteroatoms. The minimum atomic E-state index is -1.04. The maximum atomic E-state index is 10.7. The first-order valence-electron chi connectivity index (χ1n) is 3.34. The van der Waals surface area contributed by atoms with Gasteiger partial charge in [-0.05, 0) is 0 Å². The van der Waals surface area contributed by atoms with Crippen LogP contribution < -0.4 is 10.2 Å². The number of carboxylic acids is 1. The third kappa shape index (κ3) is 2.22. The van der Waals surface area contributed by atoms with E-state index in [1.807, 2.05) is 4.97 Å². The molecule has 0 unspecified atom stereocenters. The fourth-order valence-corrected chi connectivity index (χ4v) is 1.88. The van der Waals surface area contributed by atoms with Crippen LogP contribution in [-0.4, -0.2) is 26.0 Å². The molecule has 0 aliphatic rings. The summed E-state index contributed by atoms with van der Waals surface area (Å²) in [5.41, 5.74) is 5.95. The number of nitrogens with two attached hydrogens (primary N) is 1. The van der Waals surface area contributed by atoms with Crippen molar-refractivity contribution in [1.82, 2.24) is 0 Å². The molecule has 0 bridgehead atoms. The molecule has 0 amide bonds. The quantitative estimate of drug-likeness (QED) is 0.553. The van der Waals surface area contributed by atoms with Gasteiger partial charge in [0.05, 0.1) is 0 Å². The molecule has 3 N–H and O–H groups in total. The topological polar surface area (TPSA) is 87.1 Å². The van der Waals surface area contributed by atoms with Crippen molar-refractivity contribution in [2.75, 3.05) is 5.73 Å². The molecule has 1 aromatic carbocycles. The van der Waals surface area contributed by atoms with E-state index in [1.165, 1.54) is 6.07 Å². The van der Waals surface area contributed by atoms with E-state index < -0.39 is 20.9 Å². The number of benzene rings is 1. The van der Waals surface area contributed by atoms with Crippen LogP contribution >= 0.6 is 0 Å². The van der Waals surface area contributed by atoms with Crippen molar-refractivity contribution in [2.24, 2.45) is 0 Å². The van der Waals surface area contributed by atoms with E-state index in [0.717, 1.165) is 0 Å². The van der Waals surface area contributed by atoms with Crippen LogP contribution in [0, 0.1) is 10.2 Å². The second-order valence-electron chi connectivity index (χ2n) is 2.25. The molecule has 1 rings (SSSR count). The van der Waals surface area contributed by atoms with Crippen LogP contribution in [0.5, 0.6) is 0 Å². The zero-order valence-corrected chi connectivity index (χ0v) is 8.23. The second kappa shape index (κ2) is 3.94. The zero-order valence-electron chi connectivity index (χ0n) is 6.52. The van der Waals surface area contributed by atoms with E-state index in [0.29, 0.717) is 10.1 Å². The molecule has 4 nitrogen and oxygen atoms in total. The van der Waals surface area contributed by atoms with Crippen molar-refractivity contribution in [1.29, 1.82) is 5.26 Å². The summed E-state index contributed by atoms with van der Waals surface area (Å²) < 4.78 is 0.553. The van der Waals surface area contributed by atoms with Crippen molar-refractivity contribution < 1.29 is 9.90 Å². The summed E-state index contributed by atoms with van der Waals surface area (Å²) in [7, 11) is 0. The number of rotatable bonds is 2. The average molecular weight is 241 g/mol. The van der Waals surface area contributed by atoms with Gasteiger partial charge < -0.3 is 0 Å². The Kier molecular flexibility index (Phi) is 2.91. The summed E-state index contributed by atoms with van der Waals surface area (Å²) in [4.78, 5) is 12.7. The number of anilines is 1. The molecule has 0 saturated heterocycles. The minimum absolute atomic E-state index is 0.126. The fourth-order valence-electron chi connectivity index (χ4n) is 0.853. The number of hydrogen-bond donors (Lipinski definition) is 2. The Morgan fingerprint density at radius 2 is 2.31 bits per heavy atom. The fraction of sp³-hybridized carbons (Fsp3) is 0. The van der Waals surface area contributed by atoms with E-state index in [4.69, 9.17) is 16.1 Å². The molecule has 0 atom stereocenters. The van der Waals surface area contributed by atoms with Crippen molar-refractivity contribution in [3.05, 3.63) is 23.8 Å². The molecule has 0 radical (unpaired) electrons. The Morgan fingerprint density at radius 1 is 1.62 bits per heavy atom. The van der Waals surface area contributed by atoms with E-state index in [9.17, 15) is 4.79 Å². The zero-order chi connectivity index (χ0) is 9.84. The van der Waals surface area contributed by atoms with Crippen LogP contribution in [0.3, 0.4) is 0 Å². The maximum absolute atomic E-state index is 10.7. The van der Waals surface area contributed by atoms with Gasteiger partial charge in [0.2, 0.25) is 0 Å². The Bertz CT molecular complexity index is 384. The molecule has 0 aliphatic carbocycles. The third-order valence-corrected chi connectivity index (χ3v) is 2.79. The Labute approximate surface area is 81.1 Å². The van der Waals surface area contributed by atoms with E-state index >= 15 is 0 Å². The molecule has 0 aromatic heterocycles. The number of nitriles is 1. The van der Waals surface area contributed by atoms with Gasteiger partial charge in [0, 0.05) is 0 Å². The molecular weight excluding hydrogens is 235 g/mol. The van der Waals surface area contributed by atoms with Gasteiger partial charge in [-0.2, -0.15) is 0 Å². The molecule has 13 heavy (non-hydrogen) atoms. The van der Waals surface area contributed by atoms with Gasteiger partial charge in [0.1, 0.15) is 0 Å². The van der Waals surface area contributed by atoms with Gasteiger partial charge in [-0.3, -0.25) is 0 Å². The molecule has 1 aromatic rings. The molecule has 66 valence electrons. The third-order valence-electron chi connectivity index (χ3n) is 1.39. The number of carbonyl (C=O) groups is 1. The van der Waals surface area contributed by atoms with Crippen LogP contribution in [0.4, 0.5) is 5.69 Å². The first kappa shape index (κ1) is 9.59. The predicted molar refractivity (Wildman–Crippen MR) is 48.8 cm³/mol. The van der Waals surface area contributed by atoms with Gasteiger partial charge in [0.25, 0.3) is 0 Å². The van der Waals surface area contributed by atoms with Crippen LogP contribution in [0.25, 0.3) is 0 Å². The van der Waals surface area contributed by atoms with Gasteiger partial charge >= 0.3 is 80.7 Å². The molecule has 0 fully saturated rings. The Balaban J connectivity index is 3.20. The average Bonchev–Trinajstić information content (AvgIpc) is 2.08. The number of aromatic carboxylic acids is 1. The second-order valence-corrected chi connectivity index (χ2v) is 3.99. The number of nitrogens with zero attached hydrogens (tertiary/aromatic N) is 1. The Hall–Kier alpha value is -1.50. The van der Waals surface area contributed by atoms with Crippen LogP contribution in [0.1, 0.15) is 10.4 Å². The first-order chi connectivity index (χ1) is 6.15. The van der Waals surface area contributed by atoms with Gasteiger partial charge in [-0.1, -0.05) is 0 Å². The number of carboxylic acid groups (broad SMARTS) is 1. The van der Waals surface area contributed by atoms with E-state index in [2.05, 4.69) is 0 Å². The monoisotopic (exact) mass is 242 g/mol. The Morgan fingerprint density at radius 3 is 2.85 bits per heavy atom. The van der Waals surface area contributed by atoms with Crippen molar-refractivity contribution in [3.8, 4) is 4.97 Å². The first-order valence-corrected chi connectivity index (χ1v) is 5.05. The van der Waals surface area contributed by atoms with Crippen molar-refractivity contribution >= 4 is 31.1 Å². The molecule has 0 aliphatic heterocycles.